The Hall–Kier alpha value is -1.42. The van der Waals surface area contributed by atoms with E-state index in [1.807, 2.05) is 12.1 Å². The third-order valence-corrected chi connectivity index (χ3v) is 6.63. The van der Waals surface area contributed by atoms with Crippen molar-refractivity contribution < 1.29 is 10.2 Å². The normalized spacial score (nSPS) is 27.4. The number of rotatable bonds is 11. The van der Waals surface area contributed by atoms with Crippen molar-refractivity contribution in [1.29, 1.82) is 0 Å². The van der Waals surface area contributed by atoms with Gasteiger partial charge in [-0.2, -0.15) is 0 Å². The predicted octanol–water partition coefficient (Wildman–Crippen LogP) is 4.57. The number of hydrogen-bond acceptors (Lipinski definition) is 3. The van der Waals surface area contributed by atoms with Crippen LogP contribution in [0.4, 0.5) is 0 Å². The Morgan fingerprint density at radius 2 is 2.10 bits per heavy atom. The molecule has 3 rings (SSSR count). The largest absolute Gasteiger partial charge is 0.392 e. The Kier molecular flexibility index (Phi) is 8.53. The van der Waals surface area contributed by atoms with Gasteiger partial charge in [-0.15, -0.1) is 0 Å². The molecule has 1 saturated carbocycles. The van der Waals surface area contributed by atoms with Gasteiger partial charge in [-0.1, -0.05) is 67.0 Å². The van der Waals surface area contributed by atoms with Crippen molar-refractivity contribution in [2.45, 2.75) is 71.0 Å². The third kappa shape index (κ3) is 6.53. The molecular weight excluding hydrogens is 358 g/mol. The summed E-state index contributed by atoms with van der Waals surface area (Å²) in [6.45, 7) is 6.42. The minimum atomic E-state index is -0.492. The van der Waals surface area contributed by atoms with Gasteiger partial charge in [-0.25, -0.2) is 0 Å². The number of aliphatic hydroxyl groups is 2. The molecule has 0 saturated heterocycles. The van der Waals surface area contributed by atoms with Crippen LogP contribution in [0.3, 0.4) is 0 Å². The molecule has 3 heteroatoms. The van der Waals surface area contributed by atoms with Gasteiger partial charge in [0.25, 0.3) is 0 Å². The second kappa shape index (κ2) is 11.1. The monoisotopic (exact) mass is 397 g/mol. The number of aliphatic hydroxyl groups excluding tert-OH is 2. The van der Waals surface area contributed by atoms with Gasteiger partial charge in [0.2, 0.25) is 0 Å². The van der Waals surface area contributed by atoms with Gasteiger partial charge in [0, 0.05) is 12.3 Å². The molecular formula is C26H39NO2. The molecule has 0 heterocycles. The quantitative estimate of drug-likeness (QED) is 0.379. The van der Waals surface area contributed by atoms with Crippen LogP contribution >= 0.6 is 0 Å². The van der Waals surface area contributed by atoms with E-state index in [0.717, 1.165) is 31.5 Å². The van der Waals surface area contributed by atoms with Crippen LogP contribution < -0.4 is 5.32 Å². The van der Waals surface area contributed by atoms with Crippen LogP contribution in [0.1, 0.15) is 56.6 Å². The molecule has 1 aromatic carbocycles. The van der Waals surface area contributed by atoms with E-state index < -0.39 is 6.10 Å². The molecule has 1 fully saturated rings. The lowest BCUT2D eigenvalue weighted by Gasteiger charge is -2.19. The number of unbranched alkanes of at least 4 members (excludes halogenated alkanes) is 2. The van der Waals surface area contributed by atoms with Crippen molar-refractivity contribution in [1.82, 2.24) is 5.32 Å². The topological polar surface area (TPSA) is 52.5 Å². The zero-order valence-corrected chi connectivity index (χ0v) is 18.2. The van der Waals surface area contributed by atoms with Crippen molar-refractivity contribution in [2.24, 2.45) is 17.8 Å². The SMILES string of the molecule is CCNCCCCCC1=C[C@H]2C[C@@H](O)[C@H](C=C[C@H](O)Cc3cccc(C)c3)[C@H]2C1. The highest BCUT2D eigenvalue weighted by atomic mass is 16.3. The fourth-order valence-corrected chi connectivity index (χ4v) is 5.15. The molecule has 3 nitrogen and oxygen atoms in total. The first-order chi connectivity index (χ1) is 14.1. The van der Waals surface area contributed by atoms with E-state index in [1.54, 1.807) is 5.57 Å². The van der Waals surface area contributed by atoms with Crippen molar-refractivity contribution >= 4 is 0 Å². The van der Waals surface area contributed by atoms with Crippen LogP contribution in [0.15, 0.2) is 48.1 Å². The molecule has 0 aromatic heterocycles. The second-order valence-electron chi connectivity index (χ2n) is 9.05. The molecule has 2 aliphatic carbocycles. The van der Waals surface area contributed by atoms with Crippen LogP contribution in [0.2, 0.25) is 0 Å². The Balaban J connectivity index is 1.46. The third-order valence-electron chi connectivity index (χ3n) is 6.63. The maximum Gasteiger partial charge on any atom is 0.0761 e. The Bertz CT molecular complexity index is 696. The van der Waals surface area contributed by atoms with Crippen LogP contribution in [-0.4, -0.2) is 35.5 Å². The molecule has 0 aliphatic heterocycles. The van der Waals surface area contributed by atoms with Gasteiger partial charge in [0.05, 0.1) is 12.2 Å². The lowest BCUT2D eigenvalue weighted by atomic mass is 9.88. The molecule has 1 aromatic rings. The van der Waals surface area contributed by atoms with Crippen LogP contribution in [0, 0.1) is 24.7 Å². The summed E-state index contributed by atoms with van der Waals surface area (Å²) >= 11 is 0. The van der Waals surface area contributed by atoms with Gasteiger partial charge in [-0.05, 0) is 69.5 Å². The highest BCUT2D eigenvalue weighted by molar-refractivity contribution is 5.24. The number of fused-ring (bicyclic) bond motifs is 1. The van der Waals surface area contributed by atoms with Gasteiger partial charge in [0.15, 0.2) is 0 Å². The predicted molar refractivity (Wildman–Crippen MR) is 121 cm³/mol. The first-order valence-corrected chi connectivity index (χ1v) is 11.6. The lowest BCUT2D eigenvalue weighted by molar-refractivity contribution is 0.140. The smallest absolute Gasteiger partial charge is 0.0761 e. The second-order valence-corrected chi connectivity index (χ2v) is 9.05. The maximum absolute atomic E-state index is 10.5. The average molecular weight is 398 g/mol. The van der Waals surface area contributed by atoms with Crippen LogP contribution in [0.25, 0.3) is 0 Å². The van der Waals surface area contributed by atoms with Crippen LogP contribution in [-0.2, 0) is 6.42 Å². The Labute approximate surface area is 176 Å². The summed E-state index contributed by atoms with van der Waals surface area (Å²) in [5.74, 6) is 1.21. The highest BCUT2D eigenvalue weighted by Gasteiger charge is 2.43. The van der Waals surface area contributed by atoms with Crippen molar-refractivity contribution in [2.75, 3.05) is 13.1 Å². The van der Waals surface area contributed by atoms with E-state index in [2.05, 4.69) is 49.5 Å². The van der Waals surface area contributed by atoms with Gasteiger partial charge in [-0.3, -0.25) is 0 Å². The van der Waals surface area contributed by atoms with Gasteiger partial charge < -0.3 is 15.5 Å². The van der Waals surface area contributed by atoms with E-state index in [4.69, 9.17) is 0 Å². The first-order valence-electron chi connectivity index (χ1n) is 11.6. The molecule has 0 unspecified atom stereocenters. The summed E-state index contributed by atoms with van der Waals surface area (Å²) in [6.07, 6.45) is 13.4. The molecule has 0 bridgehead atoms. The summed E-state index contributed by atoms with van der Waals surface area (Å²) in [5, 5.41) is 24.4. The fourth-order valence-electron chi connectivity index (χ4n) is 5.15. The Morgan fingerprint density at radius 3 is 2.90 bits per heavy atom. The summed E-state index contributed by atoms with van der Waals surface area (Å²) < 4.78 is 0. The minimum absolute atomic E-state index is 0.176. The fraction of sp³-hybridized carbons (Fsp3) is 0.615. The van der Waals surface area contributed by atoms with E-state index in [-0.39, 0.29) is 12.0 Å². The van der Waals surface area contributed by atoms with E-state index in [1.165, 1.54) is 31.2 Å². The van der Waals surface area contributed by atoms with E-state index in [9.17, 15) is 10.2 Å². The van der Waals surface area contributed by atoms with Gasteiger partial charge >= 0.3 is 0 Å². The molecule has 0 radical (unpaired) electrons. The number of hydrogen-bond donors (Lipinski definition) is 3. The van der Waals surface area contributed by atoms with Crippen molar-refractivity contribution in [3.05, 3.63) is 59.2 Å². The molecule has 0 amide bonds. The Morgan fingerprint density at radius 1 is 1.24 bits per heavy atom. The molecule has 3 N–H and O–H groups in total. The zero-order chi connectivity index (χ0) is 20.6. The number of aryl methyl sites for hydroxylation is 1. The van der Waals surface area contributed by atoms with Gasteiger partial charge in [0.1, 0.15) is 0 Å². The van der Waals surface area contributed by atoms with E-state index >= 15 is 0 Å². The molecule has 2 aliphatic rings. The lowest BCUT2D eigenvalue weighted by Crippen LogP contribution is -2.18. The number of nitrogens with one attached hydrogen (secondary N) is 1. The average Bonchev–Trinajstić information content (AvgIpc) is 3.19. The molecule has 5 atom stereocenters. The molecule has 29 heavy (non-hydrogen) atoms. The zero-order valence-electron chi connectivity index (χ0n) is 18.2. The van der Waals surface area contributed by atoms with Crippen molar-refractivity contribution in [3.63, 3.8) is 0 Å². The van der Waals surface area contributed by atoms with Crippen molar-refractivity contribution in [3.8, 4) is 0 Å². The summed E-state index contributed by atoms with van der Waals surface area (Å²) in [6, 6.07) is 8.31. The molecule has 0 spiro atoms. The summed E-state index contributed by atoms with van der Waals surface area (Å²) in [4.78, 5) is 0. The number of allylic oxidation sites excluding steroid dienone is 2. The van der Waals surface area contributed by atoms with Crippen LogP contribution in [0.5, 0.6) is 0 Å². The highest BCUT2D eigenvalue weighted by Crippen LogP contribution is 2.48. The first kappa shape index (κ1) is 22.3. The summed E-state index contributed by atoms with van der Waals surface area (Å²) in [5.41, 5.74) is 3.97. The van der Waals surface area contributed by atoms with E-state index in [0.29, 0.717) is 18.3 Å². The molecule has 160 valence electrons. The number of benzene rings is 1. The maximum atomic E-state index is 10.5. The standard InChI is InChI=1S/C26H39NO2/c1-3-27-13-6-4-5-9-21-15-22-18-26(29)24(25(22)17-21)12-11-23(28)16-20-10-7-8-19(2)14-20/h7-8,10-12,14-15,22-29H,3-6,9,13,16-18H2,1-2H3/t22-,23-,24+,25-,26+/m0/s1. The minimum Gasteiger partial charge on any atom is -0.392 e. The summed E-state index contributed by atoms with van der Waals surface area (Å²) in [7, 11) is 0.